The third-order valence-electron chi connectivity index (χ3n) is 5.23. The van der Waals surface area contributed by atoms with Crippen molar-refractivity contribution in [3.8, 4) is 5.75 Å². The van der Waals surface area contributed by atoms with Gasteiger partial charge in [-0.3, -0.25) is 9.69 Å². The minimum atomic E-state index is -4.90. The van der Waals surface area contributed by atoms with Crippen molar-refractivity contribution in [2.24, 2.45) is 0 Å². The van der Waals surface area contributed by atoms with E-state index in [0.717, 1.165) is 54.6 Å². The van der Waals surface area contributed by atoms with Gasteiger partial charge in [-0.1, -0.05) is 36.5 Å². The first-order valence-electron chi connectivity index (χ1n) is 10.7. The Morgan fingerprint density at radius 3 is 2.55 bits per heavy atom. The summed E-state index contributed by atoms with van der Waals surface area (Å²) in [5.41, 5.74) is 1.04. The Bertz CT molecular complexity index is 983. The number of alkyl halides is 3. The number of carbonyl (C=O) groups is 1. The number of benzene rings is 2. The Morgan fingerprint density at radius 1 is 1.15 bits per heavy atom. The van der Waals surface area contributed by atoms with Gasteiger partial charge in [0.25, 0.3) is 5.91 Å². The molecule has 0 aliphatic carbocycles. The molecule has 3 rings (SSSR count). The van der Waals surface area contributed by atoms with Crippen LogP contribution in [0, 0.1) is 0 Å². The molecule has 2 aromatic rings. The zero-order chi connectivity index (χ0) is 24.0. The standard InChI is InChI=1S/C23H25Cl2F3N2O2S/c1-2-33-21-7-6-17(24)10-16(21)13-29-22(31)15-11-19(25)18(14-30-8-4-3-5-9-30)20(12-15)32-23(26,27)28/h6-7,10-12H,2-5,8-9,13-14H2,1H3,(H,29,31). The molecule has 0 saturated carbocycles. The second-order valence-corrected chi connectivity index (χ2v) is 9.84. The summed E-state index contributed by atoms with van der Waals surface area (Å²) < 4.78 is 43.5. The van der Waals surface area contributed by atoms with Gasteiger partial charge in [-0.05, 0) is 67.6 Å². The minimum absolute atomic E-state index is 0.00614. The molecule has 1 amide bonds. The number of ether oxygens (including phenoxy) is 1. The minimum Gasteiger partial charge on any atom is -0.405 e. The van der Waals surface area contributed by atoms with Crippen molar-refractivity contribution in [3.63, 3.8) is 0 Å². The van der Waals surface area contributed by atoms with E-state index < -0.39 is 18.0 Å². The third kappa shape index (κ3) is 7.70. The molecular weight excluding hydrogens is 496 g/mol. The Morgan fingerprint density at radius 2 is 1.88 bits per heavy atom. The second-order valence-electron chi connectivity index (χ2n) is 7.69. The van der Waals surface area contributed by atoms with E-state index in [1.54, 1.807) is 23.9 Å². The molecule has 1 heterocycles. The van der Waals surface area contributed by atoms with Crippen molar-refractivity contribution < 1.29 is 22.7 Å². The van der Waals surface area contributed by atoms with Crippen molar-refractivity contribution in [1.29, 1.82) is 0 Å². The molecule has 0 aromatic heterocycles. The highest BCUT2D eigenvalue weighted by Gasteiger charge is 2.33. The van der Waals surface area contributed by atoms with Gasteiger partial charge in [0.05, 0.1) is 0 Å². The van der Waals surface area contributed by atoms with Crippen molar-refractivity contribution in [1.82, 2.24) is 10.2 Å². The number of rotatable bonds is 8. The molecule has 1 aliphatic heterocycles. The van der Waals surface area contributed by atoms with Gasteiger partial charge in [0.15, 0.2) is 0 Å². The molecule has 0 unspecified atom stereocenters. The van der Waals surface area contributed by atoms with Crippen molar-refractivity contribution >= 4 is 40.9 Å². The lowest BCUT2D eigenvalue weighted by atomic mass is 10.1. The Hall–Kier alpha value is -1.61. The average molecular weight is 521 g/mol. The Balaban J connectivity index is 1.82. The molecule has 0 bridgehead atoms. The Kier molecular flexibility index (Phi) is 9.21. The highest BCUT2D eigenvalue weighted by atomic mass is 35.5. The summed E-state index contributed by atoms with van der Waals surface area (Å²) in [6.07, 6.45) is -1.84. The van der Waals surface area contributed by atoms with Crippen LogP contribution in [0.2, 0.25) is 10.0 Å². The van der Waals surface area contributed by atoms with Crippen LogP contribution in [0.15, 0.2) is 35.2 Å². The fraction of sp³-hybridized carbons (Fsp3) is 0.435. The predicted octanol–water partition coefficient (Wildman–Crippen LogP) is 6.92. The molecule has 1 fully saturated rings. The number of nitrogens with zero attached hydrogens (tertiary/aromatic N) is 1. The molecule has 33 heavy (non-hydrogen) atoms. The molecule has 1 saturated heterocycles. The van der Waals surface area contributed by atoms with Gasteiger partial charge in [-0.15, -0.1) is 24.9 Å². The van der Waals surface area contributed by atoms with Crippen LogP contribution in [0.4, 0.5) is 13.2 Å². The van der Waals surface area contributed by atoms with Crippen molar-refractivity contribution in [2.45, 2.75) is 50.5 Å². The fourth-order valence-electron chi connectivity index (χ4n) is 3.71. The topological polar surface area (TPSA) is 41.6 Å². The maximum atomic E-state index is 13.1. The second kappa shape index (κ2) is 11.7. The quantitative estimate of drug-likeness (QED) is 0.383. The largest absolute Gasteiger partial charge is 0.573 e. The summed E-state index contributed by atoms with van der Waals surface area (Å²) >= 11 is 14.0. The lowest BCUT2D eigenvalue weighted by Gasteiger charge is -2.28. The van der Waals surface area contributed by atoms with Gasteiger partial charge in [-0.2, -0.15) is 0 Å². The molecular formula is C23H25Cl2F3N2O2S. The number of thioether (sulfide) groups is 1. The molecule has 180 valence electrons. The normalized spacial score (nSPS) is 14.8. The van der Waals surface area contributed by atoms with Gasteiger partial charge in [-0.25, -0.2) is 0 Å². The van der Waals surface area contributed by atoms with E-state index in [4.69, 9.17) is 23.2 Å². The van der Waals surface area contributed by atoms with Crippen LogP contribution in [0.25, 0.3) is 0 Å². The van der Waals surface area contributed by atoms with E-state index in [2.05, 4.69) is 10.1 Å². The Labute approximate surface area is 205 Å². The first-order valence-corrected chi connectivity index (χ1v) is 12.4. The summed E-state index contributed by atoms with van der Waals surface area (Å²) in [5, 5.41) is 3.34. The maximum Gasteiger partial charge on any atom is 0.573 e. The average Bonchev–Trinajstić information content (AvgIpc) is 2.75. The van der Waals surface area contributed by atoms with Gasteiger partial charge in [0, 0.05) is 39.2 Å². The number of amides is 1. The summed E-state index contributed by atoms with van der Waals surface area (Å²) in [7, 11) is 0. The summed E-state index contributed by atoms with van der Waals surface area (Å²) in [4.78, 5) is 15.8. The van der Waals surface area contributed by atoms with Gasteiger partial charge in [0.2, 0.25) is 0 Å². The highest BCUT2D eigenvalue weighted by Crippen LogP contribution is 2.34. The van der Waals surface area contributed by atoms with Crippen molar-refractivity contribution in [3.05, 3.63) is 57.1 Å². The van der Waals surface area contributed by atoms with Gasteiger partial charge < -0.3 is 10.1 Å². The van der Waals surface area contributed by atoms with E-state index in [1.807, 2.05) is 17.9 Å². The zero-order valence-electron chi connectivity index (χ0n) is 18.1. The van der Waals surface area contributed by atoms with Crippen LogP contribution < -0.4 is 10.1 Å². The number of likely N-dealkylation sites (tertiary alicyclic amines) is 1. The number of carbonyl (C=O) groups excluding carboxylic acids is 1. The number of nitrogens with one attached hydrogen (secondary N) is 1. The zero-order valence-corrected chi connectivity index (χ0v) is 20.4. The smallest absolute Gasteiger partial charge is 0.405 e. The molecule has 0 atom stereocenters. The third-order valence-corrected chi connectivity index (χ3v) is 6.80. The molecule has 0 spiro atoms. The van der Waals surface area contributed by atoms with Crippen LogP contribution in [0.1, 0.15) is 47.7 Å². The van der Waals surface area contributed by atoms with Crippen LogP contribution in [0.5, 0.6) is 5.75 Å². The monoisotopic (exact) mass is 520 g/mol. The van der Waals surface area contributed by atoms with Crippen LogP contribution in [-0.4, -0.2) is 36.0 Å². The molecule has 10 heteroatoms. The molecule has 1 N–H and O–H groups in total. The van der Waals surface area contributed by atoms with Crippen LogP contribution in [-0.2, 0) is 13.1 Å². The molecule has 4 nitrogen and oxygen atoms in total. The summed E-state index contributed by atoms with van der Waals surface area (Å²) in [6, 6.07) is 7.89. The lowest BCUT2D eigenvalue weighted by molar-refractivity contribution is -0.275. The molecule has 1 aliphatic rings. The van der Waals surface area contributed by atoms with E-state index in [9.17, 15) is 18.0 Å². The van der Waals surface area contributed by atoms with Crippen molar-refractivity contribution in [2.75, 3.05) is 18.8 Å². The van der Waals surface area contributed by atoms with Gasteiger partial charge in [0.1, 0.15) is 5.75 Å². The van der Waals surface area contributed by atoms with E-state index >= 15 is 0 Å². The van der Waals surface area contributed by atoms with Crippen LogP contribution in [0.3, 0.4) is 0 Å². The summed E-state index contributed by atoms with van der Waals surface area (Å²) in [5.74, 6) is -0.161. The van der Waals surface area contributed by atoms with Crippen LogP contribution >= 0.6 is 35.0 Å². The maximum absolute atomic E-state index is 13.1. The lowest BCUT2D eigenvalue weighted by Crippen LogP contribution is -2.30. The van der Waals surface area contributed by atoms with E-state index in [1.165, 1.54) is 6.07 Å². The number of piperidine rings is 1. The summed E-state index contributed by atoms with van der Waals surface area (Å²) in [6.45, 7) is 3.97. The first kappa shape index (κ1) is 26.0. The fourth-order valence-corrected chi connectivity index (χ4v) is 4.97. The number of hydrogen-bond donors (Lipinski definition) is 1. The first-order chi connectivity index (χ1) is 15.7. The predicted molar refractivity (Wildman–Crippen MR) is 126 cm³/mol. The number of hydrogen-bond acceptors (Lipinski definition) is 4. The highest BCUT2D eigenvalue weighted by molar-refractivity contribution is 7.99. The number of halogens is 5. The van der Waals surface area contributed by atoms with Gasteiger partial charge >= 0.3 is 6.36 Å². The molecule has 0 radical (unpaired) electrons. The SMILES string of the molecule is CCSc1ccc(Cl)cc1CNC(=O)c1cc(Cl)c(CN2CCCCC2)c(OC(F)(F)F)c1. The van der Waals surface area contributed by atoms with E-state index in [0.29, 0.717) is 5.02 Å². The molecule has 2 aromatic carbocycles. The van der Waals surface area contributed by atoms with E-state index in [-0.39, 0.29) is 29.2 Å².